The third-order valence-corrected chi connectivity index (χ3v) is 3.55. The molecule has 0 saturated carbocycles. The van der Waals surface area contributed by atoms with Crippen molar-refractivity contribution in [3.8, 4) is 0 Å². The normalized spacial score (nSPS) is 12.4. The molecule has 6 nitrogen and oxygen atoms in total. The van der Waals surface area contributed by atoms with E-state index < -0.39 is 6.10 Å². The Hall–Kier alpha value is -2.25. The molecular weight excluding hydrogens is 276 g/mol. The monoisotopic (exact) mass is 288 g/mol. The standard InChI is InChI=1S/C13H12N4O2S/c18-11(9-2-5-20-8-9)6-15-12(19)10-7-17-4-1-3-14-13(17)16-10/h1-5,7-8,11,18H,6H2,(H,15,19). The number of thiophene rings is 1. The molecule has 2 N–H and O–H groups in total. The molecule has 3 rings (SSSR count). The Balaban J connectivity index is 1.67. The van der Waals surface area contributed by atoms with E-state index in [0.717, 1.165) is 5.56 Å². The number of fused-ring (bicyclic) bond motifs is 1. The lowest BCUT2D eigenvalue weighted by molar-refractivity contribution is 0.0912. The first kappa shape index (κ1) is 12.8. The molecular formula is C13H12N4O2S. The molecule has 7 heteroatoms. The van der Waals surface area contributed by atoms with Crippen LogP contribution in [0.3, 0.4) is 0 Å². The summed E-state index contributed by atoms with van der Waals surface area (Å²) in [6, 6.07) is 3.59. The fourth-order valence-corrected chi connectivity index (χ4v) is 2.51. The van der Waals surface area contributed by atoms with Gasteiger partial charge in [0.25, 0.3) is 5.91 Å². The van der Waals surface area contributed by atoms with Gasteiger partial charge in [0, 0.05) is 25.1 Å². The van der Waals surface area contributed by atoms with Crippen LogP contribution in [0.2, 0.25) is 0 Å². The van der Waals surface area contributed by atoms with Gasteiger partial charge >= 0.3 is 0 Å². The van der Waals surface area contributed by atoms with Gasteiger partial charge in [-0.15, -0.1) is 0 Å². The van der Waals surface area contributed by atoms with Crippen LogP contribution in [0.5, 0.6) is 0 Å². The van der Waals surface area contributed by atoms with E-state index in [1.807, 2.05) is 16.8 Å². The SMILES string of the molecule is O=C(NCC(O)c1ccsc1)c1cn2cccnc2n1. The molecule has 0 aliphatic heterocycles. The van der Waals surface area contributed by atoms with E-state index in [9.17, 15) is 9.90 Å². The lowest BCUT2D eigenvalue weighted by atomic mass is 10.2. The van der Waals surface area contributed by atoms with E-state index >= 15 is 0 Å². The van der Waals surface area contributed by atoms with Crippen LogP contribution >= 0.6 is 11.3 Å². The van der Waals surface area contributed by atoms with E-state index in [2.05, 4.69) is 15.3 Å². The number of hydrogen-bond acceptors (Lipinski definition) is 5. The van der Waals surface area contributed by atoms with Crippen LogP contribution in [0.1, 0.15) is 22.2 Å². The summed E-state index contributed by atoms with van der Waals surface area (Å²) in [6.07, 6.45) is 4.28. The zero-order chi connectivity index (χ0) is 13.9. The maximum Gasteiger partial charge on any atom is 0.271 e. The highest BCUT2D eigenvalue weighted by Gasteiger charge is 2.14. The summed E-state index contributed by atoms with van der Waals surface area (Å²) in [5.74, 6) is 0.140. The van der Waals surface area contributed by atoms with Crippen molar-refractivity contribution < 1.29 is 9.90 Å². The fraction of sp³-hybridized carbons (Fsp3) is 0.154. The minimum Gasteiger partial charge on any atom is -0.387 e. The van der Waals surface area contributed by atoms with Gasteiger partial charge in [0.05, 0.1) is 6.10 Å². The predicted octanol–water partition coefficient (Wildman–Crippen LogP) is 1.25. The molecule has 0 radical (unpaired) electrons. The van der Waals surface area contributed by atoms with Gasteiger partial charge in [0.15, 0.2) is 0 Å². The quantitative estimate of drug-likeness (QED) is 0.757. The second-order valence-corrected chi connectivity index (χ2v) is 5.02. The van der Waals surface area contributed by atoms with Crippen LogP contribution in [0, 0.1) is 0 Å². The van der Waals surface area contributed by atoms with Gasteiger partial charge in [-0.1, -0.05) is 0 Å². The number of aliphatic hydroxyl groups is 1. The third-order valence-electron chi connectivity index (χ3n) is 2.85. The van der Waals surface area contributed by atoms with Crippen molar-refractivity contribution in [3.05, 3.63) is 52.7 Å². The summed E-state index contributed by atoms with van der Waals surface area (Å²) in [6.45, 7) is 0.150. The highest BCUT2D eigenvalue weighted by molar-refractivity contribution is 7.07. The van der Waals surface area contributed by atoms with Gasteiger partial charge in [-0.2, -0.15) is 11.3 Å². The molecule has 3 aromatic heterocycles. The number of aromatic nitrogens is 3. The number of carbonyl (C=O) groups excluding carboxylic acids is 1. The average molecular weight is 288 g/mol. The van der Waals surface area contributed by atoms with Crippen LogP contribution in [-0.2, 0) is 0 Å². The number of nitrogens with one attached hydrogen (secondary N) is 1. The first-order valence-electron chi connectivity index (χ1n) is 6.02. The Labute approximate surface area is 118 Å². The van der Waals surface area contributed by atoms with Gasteiger partial charge in [0.2, 0.25) is 5.78 Å². The topological polar surface area (TPSA) is 79.5 Å². The van der Waals surface area contributed by atoms with Crippen molar-refractivity contribution in [2.45, 2.75) is 6.10 Å². The van der Waals surface area contributed by atoms with E-state index in [4.69, 9.17) is 0 Å². The summed E-state index contributed by atoms with van der Waals surface area (Å²) < 4.78 is 1.67. The number of aliphatic hydroxyl groups excluding tert-OH is 1. The Morgan fingerprint density at radius 1 is 1.55 bits per heavy atom. The zero-order valence-electron chi connectivity index (χ0n) is 10.4. The highest BCUT2D eigenvalue weighted by atomic mass is 32.1. The van der Waals surface area contributed by atoms with Crippen LogP contribution in [-0.4, -0.2) is 31.9 Å². The molecule has 102 valence electrons. The van der Waals surface area contributed by atoms with Gasteiger partial charge in [-0.25, -0.2) is 9.97 Å². The number of nitrogens with zero attached hydrogens (tertiary/aromatic N) is 3. The second-order valence-electron chi connectivity index (χ2n) is 4.24. The molecule has 0 spiro atoms. The Kier molecular flexibility index (Phi) is 3.44. The van der Waals surface area contributed by atoms with Crippen molar-refractivity contribution in [1.29, 1.82) is 0 Å². The average Bonchev–Trinajstić information content (AvgIpc) is 3.12. The van der Waals surface area contributed by atoms with Crippen molar-refractivity contribution in [2.24, 2.45) is 0 Å². The largest absolute Gasteiger partial charge is 0.387 e. The fourth-order valence-electron chi connectivity index (χ4n) is 1.80. The smallest absolute Gasteiger partial charge is 0.271 e. The van der Waals surface area contributed by atoms with Crippen molar-refractivity contribution in [3.63, 3.8) is 0 Å². The van der Waals surface area contributed by atoms with E-state index in [1.165, 1.54) is 11.3 Å². The molecule has 3 heterocycles. The number of amides is 1. The molecule has 0 bridgehead atoms. The minimum atomic E-state index is -0.708. The Bertz CT molecular complexity index is 690. The van der Waals surface area contributed by atoms with Crippen molar-refractivity contribution in [1.82, 2.24) is 19.7 Å². The predicted molar refractivity (Wildman–Crippen MR) is 74.6 cm³/mol. The van der Waals surface area contributed by atoms with Crippen LogP contribution < -0.4 is 5.32 Å². The first-order valence-corrected chi connectivity index (χ1v) is 6.96. The van der Waals surface area contributed by atoms with Crippen molar-refractivity contribution in [2.75, 3.05) is 6.54 Å². The molecule has 1 atom stereocenters. The summed E-state index contributed by atoms with van der Waals surface area (Å²) in [5, 5.41) is 16.3. The maximum atomic E-state index is 12.0. The van der Waals surface area contributed by atoms with Gasteiger partial charge in [0.1, 0.15) is 5.69 Å². The highest BCUT2D eigenvalue weighted by Crippen LogP contribution is 2.15. The maximum absolute atomic E-state index is 12.0. The van der Waals surface area contributed by atoms with Gasteiger partial charge in [-0.3, -0.25) is 9.20 Å². The lowest BCUT2D eigenvalue weighted by Gasteiger charge is -2.09. The summed E-state index contributed by atoms with van der Waals surface area (Å²) >= 11 is 1.50. The minimum absolute atomic E-state index is 0.150. The van der Waals surface area contributed by atoms with E-state index in [-0.39, 0.29) is 18.1 Å². The summed E-state index contributed by atoms with van der Waals surface area (Å²) in [4.78, 5) is 20.1. The molecule has 20 heavy (non-hydrogen) atoms. The summed E-state index contributed by atoms with van der Waals surface area (Å²) in [5.41, 5.74) is 1.08. The van der Waals surface area contributed by atoms with E-state index in [0.29, 0.717) is 5.78 Å². The number of carbonyl (C=O) groups is 1. The molecule has 0 aliphatic carbocycles. The molecule has 0 aromatic carbocycles. The van der Waals surface area contributed by atoms with Crippen LogP contribution in [0.25, 0.3) is 5.78 Å². The number of imidazole rings is 1. The number of hydrogen-bond donors (Lipinski definition) is 2. The Morgan fingerprint density at radius 3 is 3.20 bits per heavy atom. The van der Waals surface area contributed by atoms with Gasteiger partial charge in [-0.05, 0) is 28.5 Å². The molecule has 0 fully saturated rings. The van der Waals surface area contributed by atoms with Crippen molar-refractivity contribution >= 4 is 23.0 Å². The molecule has 0 saturated heterocycles. The molecule has 0 aliphatic rings. The van der Waals surface area contributed by atoms with Crippen LogP contribution in [0.4, 0.5) is 0 Å². The number of rotatable bonds is 4. The molecule has 3 aromatic rings. The van der Waals surface area contributed by atoms with Crippen LogP contribution in [0.15, 0.2) is 41.5 Å². The lowest BCUT2D eigenvalue weighted by Crippen LogP contribution is -2.28. The Morgan fingerprint density at radius 2 is 2.45 bits per heavy atom. The zero-order valence-corrected chi connectivity index (χ0v) is 11.2. The molecule has 1 unspecified atom stereocenters. The molecule has 1 amide bonds. The van der Waals surface area contributed by atoms with E-state index in [1.54, 1.807) is 29.1 Å². The second kappa shape index (κ2) is 5.40. The summed E-state index contributed by atoms with van der Waals surface area (Å²) in [7, 11) is 0. The third kappa shape index (κ3) is 2.54. The van der Waals surface area contributed by atoms with Gasteiger partial charge < -0.3 is 10.4 Å². The first-order chi connectivity index (χ1) is 9.74.